The third kappa shape index (κ3) is 2.64. The molecule has 0 bridgehead atoms. The summed E-state index contributed by atoms with van der Waals surface area (Å²) in [6.07, 6.45) is 0.399. The molecule has 0 aromatic heterocycles. The lowest BCUT2D eigenvalue weighted by Crippen LogP contribution is -2.40. The normalized spacial score (nSPS) is 29.1. The van der Waals surface area contributed by atoms with Gasteiger partial charge in [-0.05, 0) is 43.6 Å². The van der Waals surface area contributed by atoms with Crippen LogP contribution < -0.4 is 0 Å². The fourth-order valence-corrected chi connectivity index (χ4v) is 2.20. The number of hydrogen-bond acceptors (Lipinski definition) is 2. The quantitative estimate of drug-likeness (QED) is 0.860. The Labute approximate surface area is 105 Å². The van der Waals surface area contributed by atoms with Gasteiger partial charge >= 0.3 is 5.97 Å². The van der Waals surface area contributed by atoms with Gasteiger partial charge in [0.05, 0.1) is 11.4 Å². The van der Waals surface area contributed by atoms with Gasteiger partial charge in [-0.1, -0.05) is 12.1 Å². The minimum Gasteiger partial charge on any atom is -0.481 e. The Kier molecular flexibility index (Phi) is 2.22. The first kappa shape index (κ1) is 7.82. The number of aliphatic carboxylic acids is 1. The van der Waals surface area contributed by atoms with E-state index in [1.54, 1.807) is 7.05 Å². The van der Waals surface area contributed by atoms with E-state index < -0.39 is 47.8 Å². The molecule has 3 nitrogen and oxygen atoms in total. The molecular weight excluding hydrogens is 221 g/mol. The predicted molar refractivity (Wildman–Crippen MR) is 62.4 cm³/mol. The van der Waals surface area contributed by atoms with Crippen molar-refractivity contribution >= 4 is 5.97 Å². The second-order valence-electron chi connectivity index (χ2n) is 4.33. The maximum atomic E-state index is 13.6. The minimum absolute atomic E-state index is 0.00639. The summed E-state index contributed by atoms with van der Waals surface area (Å²) in [6, 6.07) is -2.44. The number of carboxylic acids is 1. The van der Waals surface area contributed by atoms with Crippen molar-refractivity contribution in [2.75, 3.05) is 20.1 Å². The second kappa shape index (κ2) is 4.84. The Balaban J connectivity index is 2.57. The van der Waals surface area contributed by atoms with E-state index in [0.717, 1.165) is 0 Å². The third-order valence-corrected chi connectivity index (χ3v) is 3.12. The van der Waals surface area contributed by atoms with Crippen LogP contribution in [0.2, 0.25) is 0 Å². The van der Waals surface area contributed by atoms with Crippen molar-refractivity contribution in [3.05, 3.63) is 35.6 Å². The van der Waals surface area contributed by atoms with Gasteiger partial charge in [-0.3, -0.25) is 4.79 Å². The highest BCUT2D eigenvalue weighted by Gasteiger charge is 2.33. The van der Waals surface area contributed by atoms with Crippen molar-refractivity contribution in [3.8, 4) is 0 Å². The first-order chi connectivity index (χ1) is 9.75. The van der Waals surface area contributed by atoms with E-state index in [4.69, 9.17) is 5.48 Å². The number of nitrogens with zero attached hydrogens (tertiary/aromatic N) is 1. The summed E-state index contributed by atoms with van der Waals surface area (Å²) < 4.78 is 44.3. The second-order valence-corrected chi connectivity index (χ2v) is 4.33. The number of carbonyl (C=O) groups is 1. The van der Waals surface area contributed by atoms with Crippen molar-refractivity contribution in [2.45, 2.75) is 12.3 Å². The Morgan fingerprint density at radius 3 is 2.76 bits per heavy atom. The van der Waals surface area contributed by atoms with Crippen molar-refractivity contribution in [2.24, 2.45) is 5.92 Å². The van der Waals surface area contributed by atoms with Crippen LogP contribution in [0.4, 0.5) is 4.39 Å². The number of piperidine rings is 1. The van der Waals surface area contributed by atoms with E-state index in [9.17, 15) is 14.3 Å². The average molecular weight is 241 g/mol. The molecule has 92 valence electrons. The molecule has 0 saturated carbocycles. The third-order valence-electron chi connectivity index (χ3n) is 3.12. The van der Waals surface area contributed by atoms with Gasteiger partial charge in [0.2, 0.25) is 0 Å². The van der Waals surface area contributed by atoms with Crippen LogP contribution in [0, 0.1) is 11.7 Å². The van der Waals surface area contributed by atoms with Gasteiger partial charge in [-0.25, -0.2) is 4.39 Å². The van der Waals surface area contributed by atoms with Gasteiger partial charge in [0, 0.05) is 6.54 Å². The van der Waals surface area contributed by atoms with E-state index in [2.05, 4.69) is 0 Å². The first-order valence-corrected chi connectivity index (χ1v) is 5.42. The summed E-state index contributed by atoms with van der Waals surface area (Å²) in [5.41, 5.74) is 0.00639. The van der Waals surface area contributed by atoms with Crippen LogP contribution in [0.1, 0.15) is 23.4 Å². The molecule has 1 aromatic carbocycles. The fourth-order valence-electron chi connectivity index (χ4n) is 2.20. The highest BCUT2D eigenvalue weighted by molar-refractivity contribution is 5.72. The minimum atomic E-state index is -1.20. The molecule has 1 aliphatic heterocycles. The number of benzene rings is 1. The number of rotatable bonds is 2. The van der Waals surface area contributed by atoms with Crippen LogP contribution in [0.15, 0.2) is 24.2 Å². The van der Waals surface area contributed by atoms with E-state index in [1.807, 2.05) is 4.90 Å². The van der Waals surface area contributed by atoms with E-state index in [-0.39, 0.29) is 12.1 Å². The molecule has 2 atom stereocenters. The molecule has 0 spiro atoms. The highest BCUT2D eigenvalue weighted by Crippen LogP contribution is 2.32. The average Bonchev–Trinajstić information content (AvgIpc) is 2.44. The molecular formula is C13H16FNO2. The van der Waals surface area contributed by atoms with Gasteiger partial charge in [-0.2, -0.15) is 0 Å². The van der Waals surface area contributed by atoms with Gasteiger partial charge in [0.1, 0.15) is 5.82 Å². The maximum absolute atomic E-state index is 13.6. The van der Waals surface area contributed by atoms with Crippen molar-refractivity contribution in [1.29, 1.82) is 0 Å². The molecule has 1 heterocycles. The van der Waals surface area contributed by atoms with E-state index >= 15 is 0 Å². The summed E-state index contributed by atoms with van der Waals surface area (Å²) in [6.45, 7) is 0.849. The van der Waals surface area contributed by atoms with Gasteiger partial charge in [0.25, 0.3) is 0 Å². The molecule has 17 heavy (non-hydrogen) atoms. The Morgan fingerprint density at radius 1 is 1.53 bits per heavy atom. The summed E-state index contributed by atoms with van der Waals surface area (Å²) in [4.78, 5) is 13.3. The molecule has 1 fully saturated rings. The maximum Gasteiger partial charge on any atom is 0.308 e. The Morgan fingerprint density at radius 2 is 2.18 bits per heavy atom. The van der Waals surface area contributed by atoms with Crippen LogP contribution in [-0.2, 0) is 4.79 Å². The molecule has 4 heteroatoms. The lowest BCUT2D eigenvalue weighted by molar-refractivity contribution is -0.144. The van der Waals surface area contributed by atoms with Crippen LogP contribution in [0.3, 0.4) is 0 Å². The molecule has 0 aliphatic carbocycles. The zero-order valence-electron chi connectivity index (χ0n) is 13.5. The molecule has 2 rings (SSSR count). The van der Waals surface area contributed by atoms with Crippen molar-refractivity contribution in [1.82, 2.24) is 4.90 Å². The van der Waals surface area contributed by atoms with Crippen LogP contribution in [0.25, 0.3) is 0 Å². The molecule has 0 radical (unpaired) electrons. The van der Waals surface area contributed by atoms with Crippen LogP contribution in [-0.4, -0.2) is 36.1 Å². The molecule has 0 unspecified atom stereocenters. The molecule has 1 saturated heterocycles. The fraction of sp³-hybridized carbons (Fsp3) is 0.462. The van der Waals surface area contributed by atoms with Gasteiger partial charge in [-0.15, -0.1) is 0 Å². The largest absolute Gasteiger partial charge is 0.481 e. The van der Waals surface area contributed by atoms with Crippen molar-refractivity contribution in [3.63, 3.8) is 0 Å². The molecule has 0 amide bonds. The lowest BCUT2D eigenvalue weighted by Gasteiger charge is -2.34. The summed E-state index contributed by atoms with van der Waals surface area (Å²) in [5, 5.41) is 9.35. The topological polar surface area (TPSA) is 40.5 Å². The summed E-state index contributed by atoms with van der Waals surface area (Å²) >= 11 is 0. The number of carboxylic acid groups (broad SMARTS) is 1. The van der Waals surface area contributed by atoms with Crippen LogP contribution in [0.5, 0.6) is 0 Å². The highest BCUT2D eigenvalue weighted by atomic mass is 19.1. The Bertz CT molecular complexity index is 567. The first-order valence-electron chi connectivity index (χ1n) is 7.42. The lowest BCUT2D eigenvalue weighted by atomic mass is 9.80. The van der Waals surface area contributed by atoms with Gasteiger partial charge < -0.3 is 10.0 Å². The van der Waals surface area contributed by atoms with E-state index in [1.165, 1.54) is 0 Å². The predicted octanol–water partition coefficient (Wildman–Crippen LogP) is 1.95. The Hall–Kier alpha value is -1.42. The standard InChI is InChI=1S/C13H16FNO2/c1-15-7-6-11(12(8-15)13(16)17)9-2-4-10(14)5-3-9/h2-5,11-12H,6-8H2,1H3,(H,16,17)/t11-,12+/m0/s1/i2D,3D,4D,5D. The zero-order valence-corrected chi connectivity index (χ0v) is 9.46. The number of likely N-dealkylation sites (tertiary alicyclic amines) is 1. The molecule has 1 aliphatic rings. The summed E-state index contributed by atoms with van der Waals surface area (Å²) in [5.74, 6) is -3.73. The zero-order chi connectivity index (χ0) is 15.9. The molecule has 1 N–H and O–H groups in total. The monoisotopic (exact) mass is 241 g/mol. The smallest absolute Gasteiger partial charge is 0.308 e. The number of halogens is 1. The summed E-state index contributed by atoms with van der Waals surface area (Å²) in [7, 11) is 1.78. The SMILES string of the molecule is [2H]c1c([2H])c([C@@H]2CCN(C)C[C@H]2C(=O)O)c([2H])c([2H])c1F. The molecule has 1 aromatic rings. The van der Waals surface area contributed by atoms with Crippen LogP contribution >= 0.6 is 0 Å². The van der Waals surface area contributed by atoms with Gasteiger partial charge in [0.15, 0.2) is 0 Å². The number of hydrogen-bond donors (Lipinski definition) is 1. The van der Waals surface area contributed by atoms with E-state index in [0.29, 0.717) is 13.0 Å². The van der Waals surface area contributed by atoms with Crippen molar-refractivity contribution < 1.29 is 19.8 Å².